The molecule has 2 aliphatic heterocycles. The number of aliphatic hydroxyl groups is 4. The Hall–Kier alpha value is -4.18. The Morgan fingerprint density at radius 1 is 0.642 bits per heavy atom. The van der Waals surface area contributed by atoms with E-state index in [9.17, 15) is 39.6 Å². The molecule has 0 saturated carbocycles. The molecule has 0 saturated heterocycles. The van der Waals surface area contributed by atoms with Crippen LogP contribution in [0.1, 0.15) is 136 Å². The molecule has 0 fully saturated rings. The zero-order chi connectivity index (χ0) is 50.4. The lowest BCUT2D eigenvalue weighted by Gasteiger charge is -2.34. The van der Waals surface area contributed by atoms with Crippen molar-refractivity contribution in [2.45, 2.75) is 165 Å². The minimum absolute atomic E-state index is 0.220. The van der Waals surface area contributed by atoms with Crippen molar-refractivity contribution in [1.29, 1.82) is 0 Å². The number of ether oxygens (including phenoxy) is 2. The number of hydrogen-bond acceptors (Lipinski definition) is 14. The molecule has 2 aliphatic rings. The van der Waals surface area contributed by atoms with Crippen LogP contribution in [0.5, 0.6) is 0 Å². The zero-order valence-corrected chi connectivity index (χ0v) is 43.4. The number of aromatic nitrogens is 2. The molecule has 0 spiro atoms. The second-order valence-corrected chi connectivity index (χ2v) is 21.6. The molecule has 0 aromatic carbocycles. The first kappa shape index (κ1) is 57.1. The van der Waals surface area contributed by atoms with Crippen LogP contribution >= 0.6 is 22.7 Å². The van der Waals surface area contributed by atoms with Crippen molar-refractivity contribution in [2.75, 3.05) is 0 Å². The number of carbonyl (C=O) groups excluding carboxylic acids is 4. The van der Waals surface area contributed by atoms with E-state index in [2.05, 4.69) is 9.97 Å². The van der Waals surface area contributed by atoms with E-state index in [1.165, 1.54) is 0 Å². The topological polar surface area (TPSA) is 193 Å². The van der Waals surface area contributed by atoms with Crippen LogP contribution in [0.25, 0.3) is 12.2 Å². The number of nitrogens with zero attached hydrogens (tertiary/aromatic N) is 2. The summed E-state index contributed by atoms with van der Waals surface area (Å²) in [6.07, 6.45) is 14.1. The fourth-order valence-electron chi connectivity index (χ4n) is 7.94. The number of carbonyl (C=O) groups is 4. The van der Waals surface area contributed by atoms with E-state index in [-0.39, 0.29) is 36.2 Å². The predicted octanol–water partition coefficient (Wildman–Crippen LogP) is 9.69. The largest absolute Gasteiger partial charge is 0.457 e. The smallest absolute Gasteiger partial charge is 0.309 e. The van der Waals surface area contributed by atoms with E-state index in [1.807, 2.05) is 114 Å². The summed E-state index contributed by atoms with van der Waals surface area (Å²) in [6, 6.07) is 0. The van der Waals surface area contributed by atoms with Crippen LogP contribution in [0.4, 0.5) is 0 Å². The fourth-order valence-corrected chi connectivity index (χ4v) is 9.08. The second kappa shape index (κ2) is 26.0. The summed E-state index contributed by atoms with van der Waals surface area (Å²) in [6.45, 7) is 23.2. The van der Waals surface area contributed by atoms with E-state index >= 15 is 0 Å². The molecule has 4 rings (SSSR count). The number of rotatable bonds is 4. The third-order valence-corrected chi connectivity index (χ3v) is 14.5. The Kier molecular flexibility index (Phi) is 22.2. The summed E-state index contributed by atoms with van der Waals surface area (Å²) in [7, 11) is 0. The number of cyclic esters (lactones) is 2. The lowest BCUT2D eigenvalue weighted by molar-refractivity contribution is -0.155. The molecule has 2 aromatic heterocycles. The maximum Gasteiger partial charge on any atom is 0.309 e. The zero-order valence-electron chi connectivity index (χ0n) is 41.8. The van der Waals surface area contributed by atoms with Crippen LogP contribution in [-0.4, -0.2) is 90.5 Å². The molecule has 370 valence electrons. The van der Waals surface area contributed by atoms with Gasteiger partial charge in [0, 0.05) is 47.3 Å². The van der Waals surface area contributed by atoms with E-state index in [1.54, 1.807) is 64.2 Å². The number of thiazole rings is 2. The molecule has 14 heteroatoms. The molecule has 0 amide bonds. The molecule has 67 heavy (non-hydrogen) atoms. The van der Waals surface area contributed by atoms with Crippen molar-refractivity contribution in [1.82, 2.24) is 9.97 Å². The van der Waals surface area contributed by atoms with Gasteiger partial charge in [0.25, 0.3) is 0 Å². The fraction of sp³-hybridized carbons (Fsp3) is 0.585. The number of Topliss-reactive ketones (excluding diaryl/α,β-unsaturated/α-hetero) is 2. The number of hydrogen-bond donors (Lipinski definition) is 4. The van der Waals surface area contributed by atoms with Crippen molar-refractivity contribution in [3.63, 3.8) is 0 Å². The van der Waals surface area contributed by atoms with Gasteiger partial charge in [-0.25, -0.2) is 9.97 Å². The van der Waals surface area contributed by atoms with Gasteiger partial charge >= 0.3 is 11.9 Å². The van der Waals surface area contributed by atoms with Crippen LogP contribution < -0.4 is 0 Å². The van der Waals surface area contributed by atoms with Crippen molar-refractivity contribution in [3.8, 4) is 0 Å². The lowest BCUT2D eigenvalue weighted by atomic mass is 9.73. The minimum atomic E-state index is -1.23. The van der Waals surface area contributed by atoms with Crippen LogP contribution in [0, 0.1) is 48.3 Å². The highest BCUT2D eigenvalue weighted by Crippen LogP contribution is 2.33. The summed E-state index contributed by atoms with van der Waals surface area (Å²) in [5, 5.41) is 48.8. The molecular weight excluding hydrogens is 889 g/mol. The third kappa shape index (κ3) is 17.1. The standard InChI is InChI=1S/C27H39NO5S.C26H37NO5S/c1-16-9-8-10-17(2)25(31)19(4)26(32)27(6,7)23(29)14-24(30)33-22(12-11-16)18(3)13-21-15-34-20(5)28-21;1-16-11-9-7-8-10-12-21(17(2)13-20-15-33-19(4)27-20)32-23(29)14-22(28)26(5,6)25(31)18(3)24(16)30/h8,10-11,13,15,17,19,22-23,25,29,31H,9,12,14H2,1-7H3;8-11,13,15-16,18,21-22,24,28,30H,7,12,14H2,1-6H3/b10-8+,16-11-,18-13+;10-8-,11-9+,17-13+/t17-,19+,22-,23-,25-;16-,18+,21-,22-,24-/m00/s1. The van der Waals surface area contributed by atoms with Gasteiger partial charge in [0.05, 0.1) is 69.5 Å². The van der Waals surface area contributed by atoms with Crippen LogP contribution in [0.3, 0.4) is 0 Å². The highest BCUT2D eigenvalue weighted by Gasteiger charge is 2.43. The van der Waals surface area contributed by atoms with Gasteiger partial charge in [0.2, 0.25) is 0 Å². The third-order valence-electron chi connectivity index (χ3n) is 13.0. The van der Waals surface area contributed by atoms with Gasteiger partial charge in [-0.3, -0.25) is 19.2 Å². The molecular formula is C53H76N2O10S2. The van der Waals surface area contributed by atoms with E-state index in [0.29, 0.717) is 25.7 Å². The molecule has 0 unspecified atom stereocenters. The summed E-state index contributed by atoms with van der Waals surface area (Å²) in [4.78, 5) is 60.7. The van der Waals surface area contributed by atoms with E-state index < -0.39 is 71.2 Å². The van der Waals surface area contributed by atoms with Gasteiger partial charge in [-0.2, -0.15) is 0 Å². The SMILES string of the molecule is C/C(=C\c1csc(C)n1)[C@@H]1C/C=C\C/C=C/[C@H](C)[C@H](O)[C@@H](C)C(=O)C(C)(C)[C@@H](O)CC(=O)O1.C/C1=C/C[C@@H](/C(C)=C/c2csc(C)n2)OC(=O)C[C@H](O)C(C)(C)C(=O)[C@H](C)[C@@H](O)[C@@H](C)/C=C/C1. The Balaban J connectivity index is 0.000000355. The van der Waals surface area contributed by atoms with Gasteiger partial charge in [-0.1, -0.05) is 103 Å². The highest BCUT2D eigenvalue weighted by atomic mass is 32.1. The molecule has 0 aliphatic carbocycles. The Labute approximate surface area is 406 Å². The van der Waals surface area contributed by atoms with Gasteiger partial charge < -0.3 is 29.9 Å². The quantitative estimate of drug-likeness (QED) is 0.168. The van der Waals surface area contributed by atoms with Crippen molar-refractivity contribution in [2.24, 2.45) is 34.5 Å². The van der Waals surface area contributed by atoms with Gasteiger partial charge in [-0.05, 0) is 70.8 Å². The van der Waals surface area contributed by atoms with E-state index in [4.69, 9.17) is 9.47 Å². The first-order chi connectivity index (χ1) is 31.3. The first-order valence-electron chi connectivity index (χ1n) is 23.3. The first-order valence-corrected chi connectivity index (χ1v) is 25.1. The van der Waals surface area contributed by atoms with Crippen molar-refractivity contribution < 1.29 is 49.1 Å². The lowest BCUT2D eigenvalue weighted by Crippen LogP contribution is -2.45. The van der Waals surface area contributed by atoms with Crippen LogP contribution in [0.15, 0.2) is 70.0 Å². The van der Waals surface area contributed by atoms with Crippen LogP contribution in [-0.2, 0) is 28.7 Å². The molecule has 0 radical (unpaired) electrons. The average Bonchev–Trinajstić information content (AvgIpc) is 3.88. The van der Waals surface area contributed by atoms with Gasteiger partial charge in [0.1, 0.15) is 23.8 Å². The summed E-state index contributed by atoms with van der Waals surface area (Å²) in [5.41, 5.74) is 2.03. The number of allylic oxidation sites excluding steroid dienone is 4. The summed E-state index contributed by atoms with van der Waals surface area (Å²) < 4.78 is 11.5. The maximum absolute atomic E-state index is 13.1. The number of aliphatic hydroxyl groups excluding tert-OH is 4. The molecule has 2 aromatic rings. The summed E-state index contributed by atoms with van der Waals surface area (Å²) in [5.74, 6) is -3.53. The molecule has 4 N–H and O–H groups in total. The molecule has 10 atom stereocenters. The number of esters is 2. The van der Waals surface area contributed by atoms with Crippen molar-refractivity contribution in [3.05, 3.63) is 91.4 Å². The Morgan fingerprint density at radius 2 is 1.06 bits per heavy atom. The van der Waals surface area contributed by atoms with Crippen molar-refractivity contribution >= 4 is 58.3 Å². The predicted molar refractivity (Wildman–Crippen MR) is 268 cm³/mol. The number of ketones is 2. The van der Waals surface area contributed by atoms with Crippen LogP contribution in [0.2, 0.25) is 0 Å². The van der Waals surface area contributed by atoms with Gasteiger partial charge in [-0.15, -0.1) is 22.7 Å². The highest BCUT2D eigenvalue weighted by molar-refractivity contribution is 7.09. The van der Waals surface area contributed by atoms with E-state index in [0.717, 1.165) is 38.1 Å². The van der Waals surface area contributed by atoms with Gasteiger partial charge in [0.15, 0.2) is 0 Å². The second-order valence-electron chi connectivity index (χ2n) is 19.5. The average molecular weight is 965 g/mol. The Morgan fingerprint density at radius 3 is 1.48 bits per heavy atom. The molecule has 4 heterocycles. The maximum atomic E-state index is 13.1. The number of aryl methyl sites for hydroxylation is 2. The molecule has 12 nitrogen and oxygen atoms in total. The Bertz CT molecular complexity index is 2170. The minimum Gasteiger partial charge on any atom is -0.457 e. The summed E-state index contributed by atoms with van der Waals surface area (Å²) >= 11 is 3.11. The normalized spacial score (nSPS) is 32.4. The monoisotopic (exact) mass is 964 g/mol. The molecule has 0 bridgehead atoms.